The lowest BCUT2D eigenvalue weighted by Gasteiger charge is -2.08. The molecule has 0 unspecified atom stereocenters. The second kappa shape index (κ2) is 7.66. The van der Waals surface area contributed by atoms with Crippen molar-refractivity contribution in [3.63, 3.8) is 0 Å². The molecule has 0 saturated heterocycles. The first-order valence-corrected chi connectivity index (χ1v) is 9.31. The molecule has 5 nitrogen and oxygen atoms in total. The number of thiazole rings is 1. The van der Waals surface area contributed by atoms with E-state index in [9.17, 15) is 9.59 Å². The van der Waals surface area contributed by atoms with Gasteiger partial charge < -0.3 is 10.6 Å². The van der Waals surface area contributed by atoms with Gasteiger partial charge in [-0.2, -0.15) is 0 Å². The number of aromatic nitrogens is 1. The Hall–Kier alpha value is -2.73. The summed E-state index contributed by atoms with van der Waals surface area (Å²) in [6.45, 7) is 6.48. The summed E-state index contributed by atoms with van der Waals surface area (Å²) in [5.41, 5.74) is 3.75. The van der Waals surface area contributed by atoms with Crippen molar-refractivity contribution in [1.29, 1.82) is 0 Å². The number of carbonyl (C=O) groups is 2. The standard InChI is InChI=1S/C20H21N3O2S/c1-12(2)11-21-18(24)19(25)22-15-7-5-14(6-8-15)20-23-16-9-4-13(3)10-17(16)26-20/h4-10,12H,11H2,1-3H3,(H,21,24)(H,22,25). The molecule has 0 fully saturated rings. The van der Waals surface area contributed by atoms with E-state index in [2.05, 4.69) is 34.7 Å². The van der Waals surface area contributed by atoms with E-state index in [0.717, 1.165) is 20.8 Å². The highest BCUT2D eigenvalue weighted by molar-refractivity contribution is 7.21. The minimum absolute atomic E-state index is 0.295. The molecule has 0 aliphatic heterocycles. The van der Waals surface area contributed by atoms with E-state index in [4.69, 9.17) is 0 Å². The monoisotopic (exact) mass is 367 g/mol. The number of hydrogen-bond donors (Lipinski definition) is 2. The summed E-state index contributed by atoms with van der Waals surface area (Å²) in [6.07, 6.45) is 0. The van der Waals surface area contributed by atoms with Crippen LogP contribution in [0.3, 0.4) is 0 Å². The van der Waals surface area contributed by atoms with Crippen LogP contribution in [0.2, 0.25) is 0 Å². The van der Waals surface area contributed by atoms with E-state index >= 15 is 0 Å². The Balaban J connectivity index is 1.69. The zero-order valence-corrected chi connectivity index (χ0v) is 15.8. The van der Waals surface area contributed by atoms with E-state index in [1.165, 1.54) is 5.56 Å². The molecular formula is C20H21N3O2S. The Morgan fingerprint density at radius 1 is 1.08 bits per heavy atom. The molecule has 0 aliphatic rings. The highest BCUT2D eigenvalue weighted by Gasteiger charge is 2.14. The quantitative estimate of drug-likeness (QED) is 0.685. The van der Waals surface area contributed by atoms with Gasteiger partial charge in [0.05, 0.1) is 10.2 Å². The number of anilines is 1. The first-order valence-electron chi connectivity index (χ1n) is 8.49. The van der Waals surface area contributed by atoms with Crippen molar-refractivity contribution in [3.8, 4) is 10.6 Å². The van der Waals surface area contributed by atoms with Crippen LogP contribution in [0.15, 0.2) is 42.5 Å². The summed E-state index contributed by atoms with van der Waals surface area (Å²) in [7, 11) is 0. The molecule has 3 aromatic rings. The first-order chi connectivity index (χ1) is 12.4. The van der Waals surface area contributed by atoms with Gasteiger partial charge in [-0.05, 0) is 54.8 Å². The fourth-order valence-corrected chi connectivity index (χ4v) is 3.49. The third-order valence-corrected chi connectivity index (χ3v) is 4.88. The number of hydrogen-bond acceptors (Lipinski definition) is 4. The zero-order valence-electron chi connectivity index (χ0n) is 15.0. The minimum Gasteiger partial charge on any atom is -0.348 e. The fraction of sp³-hybridized carbons (Fsp3) is 0.250. The third-order valence-electron chi connectivity index (χ3n) is 3.81. The average molecular weight is 367 g/mol. The molecule has 2 amide bonds. The van der Waals surface area contributed by atoms with Gasteiger partial charge in [0.15, 0.2) is 0 Å². The molecule has 3 rings (SSSR count). The summed E-state index contributed by atoms with van der Waals surface area (Å²) in [4.78, 5) is 28.3. The lowest BCUT2D eigenvalue weighted by molar-refractivity contribution is -0.136. The Morgan fingerprint density at radius 2 is 1.81 bits per heavy atom. The van der Waals surface area contributed by atoms with Crippen molar-refractivity contribution in [2.45, 2.75) is 20.8 Å². The summed E-state index contributed by atoms with van der Waals surface area (Å²) in [5.74, 6) is -0.984. The normalized spacial score (nSPS) is 10.9. The second-order valence-electron chi connectivity index (χ2n) is 6.63. The molecule has 0 radical (unpaired) electrons. The van der Waals surface area contributed by atoms with Gasteiger partial charge in [-0.15, -0.1) is 11.3 Å². The van der Waals surface area contributed by atoms with Gasteiger partial charge in [0.1, 0.15) is 5.01 Å². The van der Waals surface area contributed by atoms with Gasteiger partial charge in [-0.1, -0.05) is 19.9 Å². The largest absolute Gasteiger partial charge is 0.348 e. The molecule has 0 aliphatic carbocycles. The number of aryl methyl sites for hydroxylation is 1. The van der Waals surface area contributed by atoms with Crippen molar-refractivity contribution in [3.05, 3.63) is 48.0 Å². The predicted molar refractivity (Wildman–Crippen MR) is 106 cm³/mol. The Labute approximate surface area is 156 Å². The van der Waals surface area contributed by atoms with Crippen LogP contribution in [0.4, 0.5) is 5.69 Å². The molecule has 2 N–H and O–H groups in total. The molecule has 26 heavy (non-hydrogen) atoms. The molecule has 134 valence electrons. The summed E-state index contributed by atoms with van der Waals surface area (Å²) < 4.78 is 1.15. The van der Waals surface area contributed by atoms with Crippen molar-refractivity contribution >= 4 is 39.1 Å². The maximum Gasteiger partial charge on any atom is 0.313 e. The average Bonchev–Trinajstić information content (AvgIpc) is 3.03. The second-order valence-corrected chi connectivity index (χ2v) is 7.66. The zero-order chi connectivity index (χ0) is 18.7. The van der Waals surface area contributed by atoms with Crippen LogP contribution in [0.5, 0.6) is 0 Å². The molecule has 0 bridgehead atoms. The van der Waals surface area contributed by atoms with Gasteiger partial charge in [0.25, 0.3) is 0 Å². The molecule has 1 aromatic heterocycles. The van der Waals surface area contributed by atoms with Crippen LogP contribution in [0.25, 0.3) is 20.8 Å². The molecule has 0 spiro atoms. The topological polar surface area (TPSA) is 71.1 Å². The van der Waals surface area contributed by atoms with Crippen molar-refractivity contribution in [1.82, 2.24) is 10.3 Å². The summed E-state index contributed by atoms with van der Waals surface area (Å²) in [6, 6.07) is 13.5. The Morgan fingerprint density at radius 3 is 2.50 bits per heavy atom. The molecule has 2 aromatic carbocycles. The number of rotatable bonds is 4. The number of amides is 2. The molecule has 0 atom stereocenters. The fourth-order valence-electron chi connectivity index (χ4n) is 2.42. The highest BCUT2D eigenvalue weighted by Crippen LogP contribution is 2.31. The van der Waals surface area contributed by atoms with Crippen LogP contribution in [-0.2, 0) is 9.59 Å². The van der Waals surface area contributed by atoms with Gasteiger partial charge in [0.2, 0.25) is 0 Å². The number of nitrogens with one attached hydrogen (secondary N) is 2. The van der Waals surface area contributed by atoms with Gasteiger partial charge in [-0.25, -0.2) is 4.98 Å². The molecule has 6 heteroatoms. The van der Waals surface area contributed by atoms with Crippen LogP contribution in [-0.4, -0.2) is 23.3 Å². The number of nitrogens with zero attached hydrogens (tertiary/aromatic N) is 1. The van der Waals surface area contributed by atoms with Crippen molar-refractivity contribution < 1.29 is 9.59 Å². The SMILES string of the molecule is Cc1ccc2nc(-c3ccc(NC(=O)C(=O)NCC(C)C)cc3)sc2c1. The predicted octanol–water partition coefficient (Wildman–Crippen LogP) is 3.98. The van der Waals surface area contributed by atoms with E-state index < -0.39 is 11.8 Å². The molecule has 0 saturated carbocycles. The van der Waals surface area contributed by atoms with Crippen molar-refractivity contribution in [2.24, 2.45) is 5.92 Å². The number of carbonyl (C=O) groups excluding carboxylic acids is 2. The summed E-state index contributed by atoms with van der Waals surface area (Å²) >= 11 is 1.64. The third kappa shape index (κ3) is 4.26. The van der Waals surface area contributed by atoms with E-state index in [1.807, 2.05) is 32.0 Å². The molecular weight excluding hydrogens is 346 g/mol. The Kier molecular flexibility index (Phi) is 5.32. The van der Waals surface area contributed by atoms with E-state index in [-0.39, 0.29) is 0 Å². The van der Waals surface area contributed by atoms with Crippen LogP contribution in [0.1, 0.15) is 19.4 Å². The molecule has 1 heterocycles. The smallest absolute Gasteiger partial charge is 0.313 e. The van der Waals surface area contributed by atoms with Gasteiger partial charge >= 0.3 is 11.8 Å². The van der Waals surface area contributed by atoms with Crippen LogP contribution < -0.4 is 10.6 Å². The van der Waals surface area contributed by atoms with E-state index in [1.54, 1.807) is 23.5 Å². The highest BCUT2D eigenvalue weighted by atomic mass is 32.1. The maximum atomic E-state index is 11.9. The number of benzene rings is 2. The summed E-state index contributed by atoms with van der Waals surface area (Å²) in [5, 5.41) is 6.14. The lowest BCUT2D eigenvalue weighted by atomic mass is 10.2. The Bertz CT molecular complexity index is 945. The number of fused-ring (bicyclic) bond motifs is 1. The lowest BCUT2D eigenvalue weighted by Crippen LogP contribution is -2.37. The van der Waals surface area contributed by atoms with Crippen LogP contribution >= 0.6 is 11.3 Å². The van der Waals surface area contributed by atoms with Gasteiger partial charge in [-0.3, -0.25) is 9.59 Å². The maximum absolute atomic E-state index is 11.9. The van der Waals surface area contributed by atoms with Crippen LogP contribution in [0, 0.1) is 12.8 Å². The van der Waals surface area contributed by atoms with E-state index in [0.29, 0.717) is 18.2 Å². The van der Waals surface area contributed by atoms with Crippen molar-refractivity contribution in [2.75, 3.05) is 11.9 Å². The van der Waals surface area contributed by atoms with Gasteiger partial charge in [0, 0.05) is 17.8 Å². The minimum atomic E-state index is -0.658. The first kappa shape index (κ1) is 18.1.